The molecule has 6 nitrogen and oxygen atoms in total. The van der Waals surface area contributed by atoms with Crippen molar-refractivity contribution < 1.29 is 19.4 Å². The molecule has 1 heterocycles. The first kappa shape index (κ1) is 17.8. The van der Waals surface area contributed by atoms with Gasteiger partial charge in [0, 0.05) is 24.6 Å². The quantitative estimate of drug-likeness (QED) is 0.885. The van der Waals surface area contributed by atoms with E-state index >= 15 is 0 Å². The summed E-state index contributed by atoms with van der Waals surface area (Å²) in [5.41, 5.74) is 1.11. The van der Waals surface area contributed by atoms with E-state index in [0.717, 1.165) is 0 Å². The minimum atomic E-state index is -0.145. The Balaban J connectivity index is 1.58. The number of nitrogens with zero attached hydrogens (tertiary/aromatic N) is 1. The number of amides is 2. The van der Waals surface area contributed by atoms with Crippen molar-refractivity contribution in [1.82, 2.24) is 4.90 Å². The monoisotopic (exact) mass is 354 g/mol. The van der Waals surface area contributed by atoms with Crippen molar-refractivity contribution in [2.24, 2.45) is 5.92 Å². The van der Waals surface area contributed by atoms with E-state index < -0.39 is 0 Å². The van der Waals surface area contributed by atoms with Crippen molar-refractivity contribution in [2.45, 2.75) is 12.8 Å². The summed E-state index contributed by atoms with van der Waals surface area (Å²) in [6, 6.07) is 13.6. The van der Waals surface area contributed by atoms with Crippen LogP contribution in [0.4, 0.5) is 5.69 Å². The van der Waals surface area contributed by atoms with E-state index in [0.29, 0.717) is 42.9 Å². The molecule has 0 unspecified atom stereocenters. The van der Waals surface area contributed by atoms with Crippen LogP contribution < -0.4 is 10.1 Å². The van der Waals surface area contributed by atoms with Crippen molar-refractivity contribution in [3.05, 3.63) is 54.1 Å². The lowest BCUT2D eigenvalue weighted by atomic mass is 9.95. The topological polar surface area (TPSA) is 78.9 Å². The molecule has 2 amide bonds. The number of likely N-dealkylation sites (tertiary alicyclic amines) is 1. The molecule has 0 aliphatic carbocycles. The number of aromatic hydroxyl groups is 1. The highest BCUT2D eigenvalue weighted by Gasteiger charge is 2.28. The normalized spacial score (nSPS) is 14.7. The number of anilines is 1. The number of phenolic OH excluding ortho intramolecular Hbond substituents is 1. The molecule has 0 atom stereocenters. The molecule has 0 bridgehead atoms. The number of nitrogens with one attached hydrogen (secondary N) is 1. The Kier molecular flexibility index (Phi) is 5.41. The van der Waals surface area contributed by atoms with E-state index in [1.54, 1.807) is 36.3 Å². The third kappa shape index (κ3) is 3.96. The van der Waals surface area contributed by atoms with E-state index in [9.17, 15) is 14.7 Å². The predicted octanol–water partition coefficient (Wildman–Crippen LogP) is 2.89. The molecule has 1 aliphatic rings. The van der Waals surface area contributed by atoms with Crippen LogP contribution in [0.2, 0.25) is 0 Å². The third-order valence-corrected chi connectivity index (χ3v) is 4.61. The molecule has 0 spiro atoms. The summed E-state index contributed by atoms with van der Waals surface area (Å²) in [6.07, 6.45) is 1.21. The highest BCUT2D eigenvalue weighted by Crippen LogP contribution is 2.26. The number of rotatable bonds is 4. The van der Waals surface area contributed by atoms with Crippen LogP contribution in [0, 0.1) is 5.92 Å². The molecule has 2 aromatic rings. The molecule has 136 valence electrons. The zero-order chi connectivity index (χ0) is 18.5. The van der Waals surface area contributed by atoms with Crippen molar-refractivity contribution in [3.63, 3.8) is 0 Å². The smallest absolute Gasteiger partial charge is 0.253 e. The first-order valence-electron chi connectivity index (χ1n) is 8.60. The SMILES string of the molecule is COc1ccccc1NC(=O)C1CCN(C(=O)c2cccc(O)c2)CC1. The van der Waals surface area contributed by atoms with Gasteiger partial charge in [-0.1, -0.05) is 18.2 Å². The fourth-order valence-electron chi connectivity index (χ4n) is 3.15. The standard InChI is InChI=1S/C20H22N2O4/c1-26-18-8-3-2-7-17(18)21-19(24)14-9-11-22(12-10-14)20(25)15-5-4-6-16(23)13-15/h2-8,13-14,23H,9-12H2,1H3,(H,21,24). The third-order valence-electron chi connectivity index (χ3n) is 4.61. The maximum absolute atomic E-state index is 12.5. The molecule has 0 aromatic heterocycles. The summed E-state index contributed by atoms with van der Waals surface area (Å²) < 4.78 is 5.25. The zero-order valence-electron chi connectivity index (χ0n) is 14.6. The maximum atomic E-state index is 12.5. The Hall–Kier alpha value is -3.02. The molecule has 0 radical (unpaired) electrons. The number of piperidine rings is 1. The maximum Gasteiger partial charge on any atom is 0.253 e. The number of ether oxygens (including phenoxy) is 1. The summed E-state index contributed by atoms with van der Waals surface area (Å²) in [5, 5.41) is 12.4. The molecule has 6 heteroatoms. The van der Waals surface area contributed by atoms with E-state index in [4.69, 9.17) is 4.74 Å². The number of hydrogen-bond acceptors (Lipinski definition) is 4. The van der Waals surface area contributed by atoms with Crippen LogP contribution >= 0.6 is 0 Å². The summed E-state index contributed by atoms with van der Waals surface area (Å²) in [6.45, 7) is 1.02. The molecule has 2 N–H and O–H groups in total. The lowest BCUT2D eigenvalue weighted by Crippen LogP contribution is -2.41. The Morgan fingerprint density at radius 3 is 2.54 bits per heavy atom. The summed E-state index contributed by atoms with van der Waals surface area (Å²) >= 11 is 0. The van der Waals surface area contributed by atoms with E-state index in [1.165, 1.54) is 12.1 Å². The number of methoxy groups -OCH3 is 1. The Morgan fingerprint density at radius 2 is 1.85 bits per heavy atom. The van der Waals surface area contributed by atoms with Crippen LogP contribution in [0.3, 0.4) is 0 Å². The molecule has 1 fully saturated rings. The first-order chi connectivity index (χ1) is 12.6. The lowest BCUT2D eigenvalue weighted by Gasteiger charge is -2.31. The number of benzene rings is 2. The van der Waals surface area contributed by atoms with Gasteiger partial charge >= 0.3 is 0 Å². The first-order valence-corrected chi connectivity index (χ1v) is 8.60. The number of phenols is 1. The van der Waals surface area contributed by atoms with E-state index in [1.807, 2.05) is 12.1 Å². The van der Waals surface area contributed by atoms with Gasteiger partial charge in [-0.05, 0) is 43.2 Å². The Labute approximate surface area is 152 Å². The van der Waals surface area contributed by atoms with Crippen LogP contribution in [-0.2, 0) is 4.79 Å². The summed E-state index contributed by atoms with van der Waals surface area (Å²) in [4.78, 5) is 26.7. The second-order valence-corrected chi connectivity index (χ2v) is 6.31. The van der Waals surface area contributed by atoms with Gasteiger partial charge in [0.05, 0.1) is 12.8 Å². The number of hydrogen-bond donors (Lipinski definition) is 2. The minimum Gasteiger partial charge on any atom is -0.508 e. The van der Waals surface area contributed by atoms with Gasteiger partial charge in [-0.15, -0.1) is 0 Å². The van der Waals surface area contributed by atoms with Gasteiger partial charge in [0.2, 0.25) is 5.91 Å². The van der Waals surface area contributed by atoms with Gasteiger partial charge in [0.1, 0.15) is 11.5 Å². The van der Waals surface area contributed by atoms with Gasteiger partial charge in [-0.2, -0.15) is 0 Å². The van der Waals surface area contributed by atoms with Gasteiger partial charge in [0.15, 0.2) is 0 Å². The molecule has 0 saturated carbocycles. The number of para-hydroxylation sites is 2. The fourth-order valence-corrected chi connectivity index (χ4v) is 3.15. The summed E-state index contributed by atoms with van der Waals surface area (Å²) in [7, 11) is 1.57. The van der Waals surface area contributed by atoms with Gasteiger partial charge in [-0.25, -0.2) is 0 Å². The van der Waals surface area contributed by atoms with Crippen LogP contribution in [0.15, 0.2) is 48.5 Å². The molecule has 26 heavy (non-hydrogen) atoms. The highest BCUT2D eigenvalue weighted by atomic mass is 16.5. The molecular formula is C20H22N2O4. The van der Waals surface area contributed by atoms with Crippen molar-refractivity contribution >= 4 is 17.5 Å². The van der Waals surface area contributed by atoms with Gasteiger partial charge in [0.25, 0.3) is 5.91 Å². The van der Waals surface area contributed by atoms with Crippen molar-refractivity contribution in [3.8, 4) is 11.5 Å². The molecule has 1 aliphatic heterocycles. The van der Waals surface area contributed by atoms with Gasteiger partial charge in [-0.3, -0.25) is 9.59 Å². The minimum absolute atomic E-state index is 0.0565. The average Bonchev–Trinajstić information content (AvgIpc) is 2.68. The highest BCUT2D eigenvalue weighted by molar-refractivity contribution is 5.96. The number of carbonyl (C=O) groups is 2. The molecular weight excluding hydrogens is 332 g/mol. The van der Waals surface area contributed by atoms with Crippen LogP contribution in [-0.4, -0.2) is 42.0 Å². The Morgan fingerprint density at radius 1 is 1.12 bits per heavy atom. The van der Waals surface area contributed by atoms with Crippen LogP contribution in [0.5, 0.6) is 11.5 Å². The second-order valence-electron chi connectivity index (χ2n) is 6.31. The number of carbonyl (C=O) groups excluding carboxylic acids is 2. The Bertz CT molecular complexity index is 798. The second kappa shape index (κ2) is 7.91. The average molecular weight is 354 g/mol. The predicted molar refractivity (Wildman–Crippen MR) is 98.4 cm³/mol. The molecule has 3 rings (SSSR count). The summed E-state index contributed by atoms with van der Waals surface area (Å²) in [5.74, 6) is 0.371. The van der Waals surface area contributed by atoms with E-state index in [-0.39, 0.29) is 23.5 Å². The zero-order valence-corrected chi connectivity index (χ0v) is 14.6. The fraction of sp³-hybridized carbons (Fsp3) is 0.300. The van der Waals surface area contributed by atoms with Crippen LogP contribution in [0.1, 0.15) is 23.2 Å². The van der Waals surface area contributed by atoms with Crippen molar-refractivity contribution in [1.29, 1.82) is 0 Å². The van der Waals surface area contributed by atoms with Crippen molar-refractivity contribution in [2.75, 3.05) is 25.5 Å². The van der Waals surface area contributed by atoms with Gasteiger partial charge < -0.3 is 20.1 Å². The largest absolute Gasteiger partial charge is 0.508 e. The molecule has 2 aromatic carbocycles. The van der Waals surface area contributed by atoms with E-state index in [2.05, 4.69) is 5.32 Å². The lowest BCUT2D eigenvalue weighted by molar-refractivity contribution is -0.121. The van der Waals surface area contributed by atoms with Crippen LogP contribution in [0.25, 0.3) is 0 Å². The molecule has 1 saturated heterocycles.